The Morgan fingerprint density at radius 3 is 2.89 bits per heavy atom. The lowest BCUT2D eigenvalue weighted by molar-refractivity contribution is 0.283. The highest BCUT2D eigenvalue weighted by atomic mass is 16.2. The lowest BCUT2D eigenvalue weighted by Gasteiger charge is -2.19. The Kier molecular flexibility index (Phi) is 4.61. The summed E-state index contributed by atoms with van der Waals surface area (Å²) >= 11 is 0. The second-order valence-electron chi connectivity index (χ2n) is 5.20. The van der Waals surface area contributed by atoms with Crippen LogP contribution in [-0.4, -0.2) is 24.8 Å². The maximum atomic E-state index is 8.77. The van der Waals surface area contributed by atoms with Crippen molar-refractivity contribution in [2.24, 2.45) is 5.73 Å². The molecule has 1 atom stereocenters. The van der Waals surface area contributed by atoms with Crippen LogP contribution in [0.5, 0.6) is 0 Å². The summed E-state index contributed by atoms with van der Waals surface area (Å²) in [5.74, 6) is 0. The zero-order valence-electron chi connectivity index (χ0n) is 11.2. The molecule has 0 fully saturated rings. The SMILES string of the molecule is CC(N)c1ccc2c(c1)CCN2CCCCCO. The highest BCUT2D eigenvalue weighted by Gasteiger charge is 2.19. The molecule has 1 heterocycles. The number of anilines is 1. The molecule has 1 aliphatic heterocycles. The molecule has 3 heteroatoms. The quantitative estimate of drug-likeness (QED) is 0.759. The Labute approximate surface area is 110 Å². The van der Waals surface area contributed by atoms with Gasteiger partial charge in [-0.25, -0.2) is 0 Å². The smallest absolute Gasteiger partial charge is 0.0431 e. The van der Waals surface area contributed by atoms with Gasteiger partial charge in [0.1, 0.15) is 0 Å². The minimum absolute atomic E-state index is 0.119. The number of aliphatic hydroxyl groups is 1. The predicted octanol–water partition coefficient (Wildman–Crippen LogP) is 2.23. The molecule has 0 radical (unpaired) electrons. The molecule has 1 unspecified atom stereocenters. The molecule has 0 aliphatic carbocycles. The third kappa shape index (κ3) is 3.03. The molecule has 0 saturated heterocycles. The summed E-state index contributed by atoms with van der Waals surface area (Å²) in [6.45, 7) is 4.57. The van der Waals surface area contributed by atoms with Gasteiger partial charge in [0.05, 0.1) is 0 Å². The van der Waals surface area contributed by atoms with Crippen LogP contribution >= 0.6 is 0 Å². The fourth-order valence-electron chi connectivity index (χ4n) is 2.60. The Hall–Kier alpha value is -1.06. The Morgan fingerprint density at radius 2 is 2.17 bits per heavy atom. The van der Waals surface area contributed by atoms with Gasteiger partial charge >= 0.3 is 0 Å². The predicted molar refractivity (Wildman–Crippen MR) is 75.9 cm³/mol. The molecule has 3 nitrogen and oxygen atoms in total. The van der Waals surface area contributed by atoms with Crippen LogP contribution in [0.1, 0.15) is 43.4 Å². The normalized spacial score (nSPS) is 15.8. The summed E-state index contributed by atoms with van der Waals surface area (Å²) in [6.07, 6.45) is 4.33. The molecule has 100 valence electrons. The van der Waals surface area contributed by atoms with E-state index in [2.05, 4.69) is 23.1 Å². The first-order valence-corrected chi connectivity index (χ1v) is 6.96. The average Bonchev–Trinajstić information content (AvgIpc) is 2.77. The minimum atomic E-state index is 0.119. The first kappa shape index (κ1) is 13.4. The van der Waals surface area contributed by atoms with Crippen LogP contribution in [0, 0.1) is 0 Å². The van der Waals surface area contributed by atoms with Gasteiger partial charge in [-0.2, -0.15) is 0 Å². The van der Waals surface area contributed by atoms with Crippen molar-refractivity contribution in [1.82, 2.24) is 0 Å². The second-order valence-corrected chi connectivity index (χ2v) is 5.20. The van der Waals surface area contributed by atoms with Gasteiger partial charge in [-0.1, -0.05) is 12.1 Å². The van der Waals surface area contributed by atoms with Crippen LogP contribution in [0.2, 0.25) is 0 Å². The largest absolute Gasteiger partial charge is 0.396 e. The van der Waals surface area contributed by atoms with Crippen molar-refractivity contribution in [2.75, 3.05) is 24.6 Å². The number of fused-ring (bicyclic) bond motifs is 1. The molecule has 0 spiro atoms. The van der Waals surface area contributed by atoms with E-state index in [1.165, 1.54) is 16.8 Å². The summed E-state index contributed by atoms with van der Waals surface area (Å²) in [7, 11) is 0. The first-order valence-electron chi connectivity index (χ1n) is 6.96. The lowest BCUT2D eigenvalue weighted by Crippen LogP contribution is -2.21. The van der Waals surface area contributed by atoms with E-state index in [9.17, 15) is 0 Å². The van der Waals surface area contributed by atoms with Crippen LogP contribution in [0.3, 0.4) is 0 Å². The Morgan fingerprint density at radius 1 is 1.33 bits per heavy atom. The van der Waals surface area contributed by atoms with Gasteiger partial charge in [0.15, 0.2) is 0 Å². The maximum Gasteiger partial charge on any atom is 0.0431 e. The van der Waals surface area contributed by atoms with Crippen molar-refractivity contribution in [1.29, 1.82) is 0 Å². The molecule has 3 N–H and O–H groups in total. The van der Waals surface area contributed by atoms with Gasteiger partial charge < -0.3 is 15.7 Å². The zero-order chi connectivity index (χ0) is 13.0. The zero-order valence-corrected chi connectivity index (χ0v) is 11.2. The summed E-state index contributed by atoms with van der Waals surface area (Å²) in [4.78, 5) is 2.46. The molecule has 0 bridgehead atoms. The van der Waals surface area contributed by atoms with Crippen molar-refractivity contribution in [2.45, 2.75) is 38.6 Å². The second kappa shape index (κ2) is 6.21. The molecular weight excluding hydrogens is 224 g/mol. The Bertz CT molecular complexity index is 390. The van der Waals surface area contributed by atoms with E-state index < -0.39 is 0 Å². The van der Waals surface area contributed by atoms with E-state index in [1.54, 1.807) is 0 Å². The van der Waals surface area contributed by atoms with Crippen molar-refractivity contribution < 1.29 is 5.11 Å². The molecule has 0 amide bonds. The molecule has 2 rings (SSSR count). The van der Waals surface area contributed by atoms with E-state index in [0.717, 1.165) is 38.8 Å². The molecule has 1 aromatic rings. The monoisotopic (exact) mass is 248 g/mol. The fraction of sp³-hybridized carbons (Fsp3) is 0.600. The van der Waals surface area contributed by atoms with E-state index in [4.69, 9.17) is 10.8 Å². The molecule has 0 saturated carbocycles. The van der Waals surface area contributed by atoms with Crippen LogP contribution in [0.15, 0.2) is 18.2 Å². The number of aliphatic hydroxyl groups excluding tert-OH is 1. The van der Waals surface area contributed by atoms with Crippen LogP contribution in [0.4, 0.5) is 5.69 Å². The third-order valence-corrected chi connectivity index (χ3v) is 3.71. The number of hydrogen-bond donors (Lipinski definition) is 2. The van der Waals surface area contributed by atoms with Crippen molar-refractivity contribution in [3.8, 4) is 0 Å². The molecule has 18 heavy (non-hydrogen) atoms. The number of rotatable bonds is 6. The number of hydrogen-bond acceptors (Lipinski definition) is 3. The van der Waals surface area contributed by atoms with E-state index in [-0.39, 0.29) is 6.04 Å². The summed E-state index contributed by atoms with van der Waals surface area (Å²) in [6, 6.07) is 6.74. The number of unbranched alkanes of at least 4 members (excludes halogenated alkanes) is 2. The van der Waals surface area contributed by atoms with Gasteiger partial charge in [0, 0.05) is 31.4 Å². The van der Waals surface area contributed by atoms with Crippen molar-refractivity contribution in [3.05, 3.63) is 29.3 Å². The van der Waals surface area contributed by atoms with Gasteiger partial charge in [-0.15, -0.1) is 0 Å². The van der Waals surface area contributed by atoms with Gasteiger partial charge in [-0.05, 0) is 49.8 Å². The molecule has 1 aromatic carbocycles. The maximum absolute atomic E-state index is 8.77. The first-order chi connectivity index (χ1) is 8.72. The van der Waals surface area contributed by atoms with Crippen LogP contribution in [-0.2, 0) is 6.42 Å². The van der Waals surface area contributed by atoms with E-state index >= 15 is 0 Å². The Balaban J connectivity index is 1.96. The van der Waals surface area contributed by atoms with Crippen LogP contribution < -0.4 is 10.6 Å². The van der Waals surface area contributed by atoms with E-state index in [1.807, 2.05) is 6.92 Å². The highest BCUT2D eigenvalue weighted by molar-refractivity contribution is 5.59. The fourth-order valence-corrected chi connectivity index (χ4v) is 2.60. The average molecular weight is 248 g/mol. The lowest BCUT2D eigenvalue weighted by atomic mass is 10.0. The van der Waals surface area contributed by atoms with Gasteiger partial charge in [0.25, 0.3) is 0 Å². The summed E-state index contributed by atoms with van der Waals surface area (Å²) < 4.78 is 0. The van der Waals surface area contributed by atoms with Gasteiger partial charge in [-0.3, -0.25) is 0 Å². The molecule has 1 aliphatic rings. The van der Waals surface area contributed by atoms with Crippen molar-refractivity contribution >= 4 is 5.69 Å². The summed E-state index contributed by atoms with van der Waals surface area (Å²) in [5.41, 5.74) is 9.97. The minimum Gasteiger partial charge on any atom is -0.396 e. The standard InChI is InChI=1S/C15H24N2O/c1-12(16)13-5-6-15-14(11-13)7-9-17(15)8-3-2-4-10-18/h5-6,11-12,18H,2-4,7-10,16H2,1H3. The highest BCUT2D eigenvalue weighted by Crippen LogP contribution is 2.30. The third-order valence-electron chi connectivity index (χ3n) is 3.71. The molecule has 0 aromatic heterocycles. The van der Waals surface area contributed by atoms with Crippen LogP contribution in [0.25, 0.3) is 0 Å². The topological polar surface area (TPSA) is 49.5 Å². The number of nitrogens with zero attached hydrogens (tertiary/aromatic N) is 1. The molecular formula is C15H24N2O. The van der Waals surface area contributed by atoms with E-state index in [0.29, 0.717) is 6.61 Å². The summed E-state index contributed by atoms with van der Waals surface area (Å²) in [5, 5.41) is 8.77. The van der Waals surface area contributed by atoms with Gasteiger partial charge in [0.2, 0.25) is 0 Å². The number of nitrogens with two attached hydrogens (primary N) is 1. The number of benzene rings is 1. The van der Waals surface area contributed by atoms with Crippen molar-refractivity contribution in [3.63, 3.8) is 0 Å².